The van der Waals surface area contributed by atoms with Gasteiger partial charge in [-0.15, -0.1) is 0 Å². The van der Waals surface area contributed by atoms with Crippen molar-refractivity contribution < 1.29 is 9.18 Å². The van der Waals surface area contributed by atoms with E-state index in [1.165, 1.54) is 12.1 Å². The molecule has 0 radical (unpaired) electrons. The van der Waals surface area contributed by atoms with Crippen molar-refractivity contribution in [2.45, 2.75) is 32.2 Å². The third-order valence-electron chi connectivity index (χ3n) is 3.17. The molecule has 1 aliphatic rings. The molecule has 3 heteroatoms. The van der Waals surface area contributed by atoms with Crippen LogP contribution >= 0.6 is 0 Å². The Morgan fingerprint density at radius 1 is 1.44 bits per heavy atom. The van der Waals surface area contributed by atoms with E-state index >= 15 is 0 Å². The Morgan fingerprint density at radius 3 is 2.75 bits per heavy atom. The van der Waals surface area contributed by atoms with E-state index in [2.05, 4.69) is 5.32 Å². The lowest BCUT2D eigenvalue weighted by Gasteiger charge is -2.22. The van der Waals surface area contributed by atoms with Crippen LogP contribution in [0.15, 0.2) is 18.2 Å². The number of carbonyl (C=O) groups excluding carboxylic acids is 1. The van der Waals surface area contributed by atoms with Gasteiger partial charge in [0.15, 0.2) is 5.78 Å². The molecular formula is C13H16FNO. The highest BCUT2D eigenvalue weighted by Gasteiger charge is 2.36. The molecule has 1 saturated heterocycles. The maximum Gasteiger partial charge on any atom is 0.182 e. The summed E-state index contributed by atoms with van der Waals surface area (Å²) in [5.74, 6) is -0.349. The van der Waals surface area contributed by atoms with Crippen LogP contribution in [-0.2, 0) is 0 Å². The number of ketones is 1. The Balaban J connectivity index is 2.33. The zero-order chi connectivity index (χ0) is 11.8. The molecular weight excluding hydrogens is 205 g/mol. The molecule has 1 heterocycles. The summed E-state index contributed by atoms with van der Waals surface area (Å²) in [5, 5.41) is 3.20. The van der Waals surface area contributed by atoms with Gasteiger partial charge in [-0.05, 0) is 57.0 Å². The summed E-state index contributed by atoms with van der Waals surface area (Å²) in [6.45, 7) is 4.55. The fraction of sp³-hybridized carbons (Fsp3) is 0.462. The van der Waals surface area contributed by atoms with E-state index in [9.17, 15) is 9.18 Å². The number of halogens is 1. The zero-order valence-electron chi connectivity index (χ0n) is 9.64. The summed E-state index contributed by atoms with van der Waals surface area (Å²) < 4.78 is 13.2. The van der Waals surface area contributed by atoms with Crippen molar-refractivity contribution in [3.8, 4) is 0 Å². The predicted octanol–water partition coefficient (Wildman–Crippen LogP) is 2.46. The Bertz CT molecular complexity index is 402. The minimum absolute atomic E-state index is 0.00685. The first-order chi connectivity index (χ1) is 7.51. The average Bonchev–Trinajstić information content (AvgIpc) is 2.64. The van der Waals surface area contributed by atoms with E-state index in [1.54, 1.807) is 13.0 Å². The minimum Gasteiger partial charge on any atom is -0.305 e. The van der Waals surface area contributed by atoms with Crippen LogP contribution in [0.1, 0.15) is 35.7 Å². The van der Waals surface area contributed by atoms with Crippen LogP contribution in [0.3, 0.4) is 0 Å². The third-order valence-corrected chi connectivity index (χ3v) is 3.17. The lowest BCUT2D eigenvalue weighted by atomic mass is 9.89. The molecule has 0 aliphatic carbocycles. The Labute approximate surface area is 94.9 Å². The number of nitrogens with one attached hydrogen (secondary N) is 1. The van der Waals surface area contributed by atoms with Crippen LogP contribution in [0.25, 0.3) is 0 Å². The molecule has 0 aromatic heterocycles. The van der Waals surface area contributed by atoms with Crippen molar-refractivity contribution >= 4 is 5.78 Å². The number of rotatable bonds is 2. The number of benzene rings is 1. The van der Waals surface area contributed by atoms with Gasteiger partial charge in [0.2, 0.25) is 0 Å². The Hall–Kier alpha value is -1.22. The first-order valence-electron chi connectivity index (χ1n) is 5.58. The van der Waals surface area contributed by atoms with Crippen molar-refractivity contribution in [2.75, 3.05) is 6.54 Å². The van der Waals surface area contributed by atoms with E-state index in [1.807, 2.05) is 6.92 Å². The first kappa shape index (κ1) is 11.3. The molecule has 86 valence electrons. The van der Waals surface area contributed by atoms with Crippen LogP contribution in [0.2, 0.25) is 0 Å². The van der Waals surface area contributed by atoms with Crippen molar-refractivity contribution in [2.24, 2.45) is 0 Å². The van der Waals surface area contributed by atoms with Gasteiger partial charge >= 0.3 is 0 Å². The standard InChI is InChI=1S/C13H16FNO/c1-9-6-10(8-11(14)7-9)12(16)13(2)4-3-5-15-13/h6-8,15H,3-5H2,1-2H3. The molecule has 1 unspecified atom stereocenters. The van der Waals surface area contributed by atoms with Gasteiger partial charge in [0.1, 0.15) is 5.82 Å². The Kier molecular flexibility index (Phi) is 2.80. The van der Waals surface area contributed by atoms with E-state index in [4.69, 9.17) is 0 Å². The van der Waals surface area contributed by atoms with E-state index in [0.29, 0.717) is 5.56 Å². The molecule has 2 rings (SSSR count). The summed E-state index contributed by atoms with van der Waals surface area (Å²) >= 11 is 0. The van der Waals surface area contributed by atoms with Crippen LogP contribution in [0.5, 0.6) is 0 Å². The molecule has 2 nitrogen and oxygen atoms in total. The third kappa shape index (κ3) is 2.00. The van der Waals surface area contributed by atoms with Gasteiger partial charge in [0, 0.05) is 5.56 Å². The lowest BCUT2D eigenvalue weighted by Crippen LogP contribution is -2.44. The van der Waals surface area contributed by atoms with Crippen LogP contribution in [-0.4, -0.2) is 17.9 Å². The predicted molar refractivity (Wildman–Crippen MR) is 61.1 cm³/mol. The largest absolute Gasteiger partial charge is 0.305 e. The molecule has 1 atom stereocenters. The maximum absolute atomic E-state index is 13.2. The summed E-state index contributed by atoms with van der Waals surface area (Å²) in [7, 11) is 0. The highest BCUT2D eigenvalue weighted by Crippen LogP contribution is 2.24. The molecule has 0 spiro atoms. The van der Waals surface area contributed by atoms with Crippen molar-refractivity contribution in [3.05, 3.63) is 35.1 Å². The van der Waals surface area contributed by atoms with Crippen LogP contribution in [0.4, 0.5) is 4.39 Å². The minimum atomic E-state index is -0.514. The zero-order valence-corrected chi connectivity index (χ0v) is 9.64. The fourth-order valence-corrected chi connectivity index (χ4v) is 2.27. The van der Waals surface area contributed by atoms with Gasteiger partial charge in [-0.1, -0.05) is 0 Å². The van der Waals surface area contributed by atoms with Crippen molar-refractivity contribution in [3.63, 3.8) is 0 Å². The quantitative estimate of drug-likeness (QED) is 0.777. The van der Waals surface area contributed by atoms with Gasteiger partial charge in [-0.3, -0.25) is 4.79 Å². The summed E-state index contributed by atoms with van der Waals surface area (Å²) in [4.78, 5) is 12.2. The van der Waals surface area contributed by atoms with Crippen molar-refractivity contribution in [1.82, 2.24) is 5.32 Å². The highest BCUT2D eigenvalue weighted by molar-refractivity contribution is 6.03. The molecule has 16 heavy (non-hydrogen) atoms. The van der Waals surface area contributed by atoms with E-state index < -0.39 is 5.54 Å². The molecule has 0 amide bonds. The second-order valence-electron chi connectivity index (χ2n) is 4.71. The van der Waals surface area contributed by atoms with Gasteiger partial charge in [0.25, 0.3) is 0 Å². The molecule has 1 fully saturated rings. The Morgan fingerprint density at radius 2 is 2.19 bits per heavy atom. The van der Waals surface area contributed by atoms with Gasteiger partial charge < -0.3 is 5.32 Å². The molecule has 1 aromatic carbocycles. The number of carbonyl (C=O) groups is 1. The topological polar surface area (TPSA) is 29.1 Å². The fourth-order valence-electron chi connectivity index (χ4n) is 2.27. The monoisotopic (exact) mass is 221 g/mol. The van der Waals surface area contributed by atoms with Gasteiger partial charge in [-0.25, -0.2) is 4.39 Å². The number of hydrogen-bond donors (Lipinski definition) is 1. The van der Waals surface area contributed by atoms with Crippen molar-refractivity contribution in [1.29, 1.82) is 0 Å². The smallest absolute Gasteiger partial charge is 0.182 e. The normalized spacial score (nSPS) is 24.7. The SMILES string of the molecule is Cc1cc(F)cc(C(=O)C2(C)CCCN2)c1. The van der Waals surface area contributed by atoms with Gasteiger partial charge in [0.05, 0.1) is 5.54 Å². The molecule has 0 saturated carbocycles. The molecule has 1 aliphatic heterocycles. The van der Waals surface area contributed by atoms with Gasteiger partial charge in [-0.2, -0.15) is 0 Å². The summed E-state index contributed by atoms with van der Waals surface area (Å²) in [5.41, 5.74) is 0.736. The number of Topliss-reactive ketones (excluding diaryl/α,β-unsaturated/α-hetero) is 1. The van der Waals surface area contributed by atoms with Crippen LogP contribution in [0, 0.1) is 12.7 Å². The molecule has 1 N–H and O–H groups in total. The average molecular weight is 221 g/mol. The second-order valence-corrected chi connectivity index (χ2v) is 4.71. The summed E-state index contributed by atoms with van der Waals surface area (Å²) in [6, 6.07) is 4.50. The molecule has 0 bridgehead atoms. The number of aryl methyl sites for hydroxylation is 1. The van der Waals surface area contributed by atoms with Crippen LogP contribution < -0.4 is 5.32 Å². The molecule has 1 aromatic rings. The second kappa shape index (κ2) is 3.98. The number of hydrogen-bond acceptors (Lipinski definition) is 2. The highest BCUT2D eigenvalue weighted by atomic mass is 19.1. The lowest BCUT2D eigenvalue weighted by molar-refractivity contribution is 0.0884. The summed E-state index contributed by atoms with van der Waals surface area (Å²) in [6.07, 6.45) is 1.82. The van der Waals surface area contributed by atoms with E-state index in [-0.39, 0.29) is 11.6 Å². The maximum atomic E-state index is 13.2. The van der Waals surface area contributed by atoms with E-state index in [0.717, 1.165) is 24.9 Å². The first-order valence-corrected chi connectivity index (χ1v) is 5.58.